The number of halogens is 7. The Bertz CT molecular complexity index is 1750. The molecule has 0 aliphatic carbocycles. The molecule has 4 rings (SSSR count). The van der Waals surface area contributed by atoms with E-state index >= 15 is 0 Å². The zero-order chi connectivity index (χ0) is 36.0. The summed E-state index contributed by atoms with van der Waals surface area (Å²) in [6, 6.07) is 6.62. The summed E-state index contributed by atoms with van der Waals surface area (Å²) in [5, 5.41) is 0. The second-order valence-corrected chi connectivity index (χ2v) is 14.4. The zero-order valence-corrected chi connectivity index (χ0v) is 28.1. The molecular weight excluding hydrogens is 665 g/mol. The third-order valence-electron chi connectivity index (χ3n) is 8.79. The second-order valence-electron chi connectivity index (χ2n) is 12.5. The number of likely N-dealkylation sites (N-methyl/N-ethyl adjacent to an activating group) is 1. The van der Waals surface area contributed by atoms with Gasteiger partial charge in [0.1, 0.15) is 11.6 Å². The van der Waals surface area contributed by atoms with Crippen LogP contribution < -0.4 is 9.80 Å². The first-order chi connectivity index (χ1) is 22.0. The maximum absolute atomic E-state index is 14.1. The molecule has 15 heteroatoms. The van der Waals surface area contributed by atoms with E-state index in [0.29, 0.717) is 67.1 Å². The van der Waals surface area contributed by atoms with Crippen LogP contribution in [0.1, 0.15) is 55.9 Å². The number of benzene rings is 2. The summed E-state index contributed by atoms with van der Waals surface area (Å²) in [5.41, 5.74) is -3.77. The molecule has 3 aromatic rings. The molecule has 2 aromatic carbocycles. The topological polar surface area (TPSA) is 73.8 Å². The predicted molar refractivity (Wildman–Crippen MR) is 170 cm³/mol. The Kier molecular flexibility index (Phi) is 10.3. The van der Waals surface area contributed by atoms with Gasteiger partial charge >= 0.3 is 12.4 Å². The fourth-order valence-electron chi connectivity index (χ4n) is 6.14. The number of hydrogen-bond acceptors (Lipinski definition) is 5. The van der Waals surface area contributed by atoms with Gasteiger partial charge in [-0.3, -0.25) is 4.79 Å². The van der Waals surface area contributed by atoms with Crippen molar-refractivity contribution in [3.63, 3.8) is 0 Å². The van der Waals surface area contributed by atoms with E-state index in [9.17, 15) is 43.9 Å². The Labute approximate surface area is 275 Å². The molecule has 0 unspecified atom stereocenters. The summed E-state index contributed by atoms with van der Waals surface area (Å²) in [4.78, 5) is 21.6. The third kappa shape index (κ3) is 7.77. The summed E-state index contributed by atoms with van der Waals surface area (Å²) in [5.74, 6) is -0.825. The van der Waals surface area contributed by atoms with E-state index < -0.39 is 56.2 Å². The van der Waals surface area contributed by atoms with Gasteiger partial charge in [-0.05, 0) is 86.7 Å². The minimum absolute atomic E-state index is 0.00951. The third-order valence-corrected chi connectivity index (χ3v) is 10.2. The number of anilines is 2. The number of piperidine rings is 1. The fraction of sp³-hybridized carbons (Fsp3) is 0.455. The van der Waals surface area contributed by atoms with E-state index in [1.54, 1.807) is 19.9 Å². The van der Waals surface area contributed by atoms with E-state index in [1.807, 2.05) is 4.90 Å². The number of amides is 1. The number of hydrogen-bond donors (Lipinski definition) is 0. The molecule has 48 heavy (non-hydrogen) atoms. The minimum Gasteiger partial charge on any atom is -0.356 e. The molecule has 0 atom stereocenters. The summed E-state index contributed by atoms with van der Waals surface area (Å²) in [6.45, 7) is 7.17. The van der Waals surface area contributed by atoms with Gasteiger partial charge in [-0.25, -0.2) is 17.8 Å². The van der Waals surface area contributed by atoms with Gasteiger partial charge in [-0.2, -0.15) is 30.6 Å². The molecule has 1 aliphatic heterocycles. The van der Waals surface area contributed by atoms with Crippen LogP contribution in [0.2, 0.25) is 0 Å². The highest BCUT2D eigenvalue weighted by molar-refractivity contribution is 7.88. The van der Waals surface area contributed by atoms with Crippen LogP contribution >= 0.6 is 0 Å². The maximum Gasteiger partial charge on any atom is 0.416 e. The second kappa shape index (κ2) is 13.3. The average molecular weight is 703 g/mol. The van der Waals surface area contributed by atoms with E-state index in [-0.39, 0.29) is 17.8 Å². The highest BCUT2D eigenvalue weighted by Gasteiger charge is 2.41. The number of aryl methyl sites for hydroxylation is 1. The first kappa shape index (κ1) is 37.1. The lowest BCUT2D eigenvalue weighted by Gasteiger charge is -2.38. The molecule has 2 heterocycles. The zero-order valence-electron chi connectivity index (χ0n) is 27.3. The molecule has 0 N–H and O–H groups in total. The van der Waals surface area contributed by atoms with Crippen molar-refractivity contribution in [2.75, 3.05) is 42.7 Å². The number of carbonyl (C=O) groups is 1. The van der Waals surface area contributed by atoms with Gasteiger partial charge in [-0.1, -0.05) is 13.0 Å². The van der Waals surface area contributed by atoms with E-state index in [2.05, 4.69) is 4.98 Å². The highest BCUT2D eigenvalue weighted by Crippen LogP contribution is 2.41. The summed E-state index contributed by atoms with van der Waals surface area (Å²) in [6.07, 6.45) is -6.58. The molecule has 1 aromatic heterocycles. The summed E-state index contributed by atoms with van der Waals surface area (Å²) >= 11 is 0. The number of pyridine rings is 1. The van der Waals surface area contributed by atoms with E-state index in [1.165, 1.54) is 55.9 Å². The van der Waals surface area contributed by atoms with Crippen molar-refractivity contribution in [3.05, 3.63) is 76.7 Å². The first-order valence-corrected chi connectivity index (χ1v) is 17.0. The lowest BCUT2D eigenvalue weighted by Crippen LogP contribution is -2.47. The minimum atomic E-state index is -5.10. The lowest BCUT2D eigenvalue weighted by atomic mass is 9.81. The molecule has 7 nitrogen and oxygen atoms in total. The molecule has 1 saturated heterocycles. The predicted octanol–water partition coefficient (Wildman–Crippen LogP) is 7.42. The van der Waals surface area contributed by atoms with Crippen LogP contribution in [0.3, 0.4) is 0 Å². The smallest absolute Gasteiger partial charge is 0.356 e. The van der Waals surface area contributed by atoms with Crippen molar-refractivity contribution in [3.8, 4) is 11.1 Å². The summed E-state index contributed by atoms with van der Waals surface area (Å²) in [7, 11) is -2.06. The van der Waals surface area contributed by atoms with Gasteiger partial charge in [0.05, 0.1) is 34.7 Å². The van der Waals surface area contributed by atoms with Crippen molar-refractivity contribution in [2.24, 2.45) is 0 Å². The van der Waals surface area contributed by atoms with Crippen molar-refractivity contribution < 1.29 is 43.9 Å². The Balaban J connectivity index is 1.76. The van der Waals surface area contributed by atoms with E-state index in [4.69, 9.17) is 0 Å². The molecule has 262 valence electrons. The van der Waals surface area contributed by atoms with Crippen LogP contribution in [0.4, 0.5) is 42.2 Å². The number of sulfonamides is 1. The van der Waals surface area contributed by atoms with Gasteiger partial charge in [0.2, 0.25) is 15.9 Å². The quantitative estimate of drug-likeness (QED) is 0.229. The molecule has 1 amide bonds. The van der Waals surface area contributed by atoms with Gasteiger partial charge in [-0.15, -0.1) is 0 Å². The van der Waals surface area contributed by atoms with Crippen molar-refractivity contribution >= 4 is 27.4 Å². The average Bonchev–Trinajstić information content (AvgIpc) is 2.99. The van der Waals surface area contributed by atoms with Crippen LogP contribution in [0.5, 0.6) is 0 Å². The Morgan fingerprint density at radius 3 is 1.94 bits per heavy atom. The van der Waals surface area contributed by atoms with Gasteiger partial charge in [0, 0.05) is 38.3 Å². The maximum atomic E-state index is 14.1. The monoisotopic (exact) mass is 702 g/mol. The summed E-state index contributed by atoms with van der Waals surface area (Å²) < 4.78 is 122. The number of aromatic nitrogens is 1. The van der Waals surface area contributed by atoms with Gasteiger partial charge in [0.25, 0.3) is 0 Å². The van der Waals surface area contributed by atoms with E-state index in [0.717, 1.165) is 4.90 Å². The van der Waals surface area contributed by atoms with Crippen LogP contribution in [0.15, 0.2) is 48.7 Å². The standard InChI is InChI=1S/C33H37F7N4O3S/c1-7-44(48(6,46)47)25-10-12-43(13-11-25)29-18-27(26-9-8-24(34)14-20(26)2)28(19-41-29)42(5)30(45)31(3,4)21-15-22(32(35,36)37)17-23(16-21)33(38,39)40/h8-9,14-19,25H,7,10-13H2,1-6H3. The normalized spacial score (nSPS) is 15.2. The highest BCUT2D eigenvalue weighted by atomic mass is 32.2. The Morgan fingerprint density at radius 1 is 0.917 bits per heavy atom. The molecule has 0 bridgehead atoms. The molecule has 0 radical (unpaired) electrons. The Morgan fingerprint density at radius 2 is 1.46 bits per heavy atom. The number of alkyl halides is 6. The van der Waals surface area contributed by atoms with Crippen molar-refractivity contribution in [1.82, 2.24) is 9.29 Å². The van der Waals surface area contributed by atoms with Gasteiger partial charge < -0.3 is 9.80 Å². The molecule has 1 aliphatic rings. The molecule has 0 saturated carbocycles. The first-order valence-electron chi connectivity index (χ1n) is 15.1. The van der Waals surface area contributed by atoms with Crippen LogP contribution in [-0.4, -0.2) is 62.6 Å². The molecular formula is C33H37F7N4O3S. The lowest BCUT2D eigenvalue weighted by molar-refractivity contribution is -0.143. The van der Waals surface area contributed by atoms with Crippen LogP contribution in [-0.2, 0) is 32.6 Å². The SMILES string of the molecule is CCN(C1CCN(c2cc(-c3ccc(F)cc3C)c(N(C)C(=O)C(C)(C)c3cc(C(F)(F)F)cc(C(F)(F)F)c3)cn2)CC1)S(C)(=O)=O. The molecule has 0 spiro atoms. The van der Waals surface area contributed by atoms with Crippen molar-refractivity contribution in [1.29, 1.82) is 0 Å². The number of nitrogens with zero attached hydrogens (tertiary/aromatic N) is 4. The van der Waals surface area contributed by atoms with Crippen LogP contribution in [0, 0.1) is 12.7 Å². The van der Waals surface area contributed by atoms with Crippen molar-refractivity contribution in [2.45, 2.75) is 64.3 Å². The Hall–Kier alpha value is -3.72. The number of rotatable bonds is 8. The van der Waals surface area contributed by atoms with Gasteiger partial charge in [0.15, 0.2) is 0 Å². The molecule has 1 fully saturated rings. The fourth-order valence-corrected chi connectivity index (χ4v) is 7.36. The van der Waals surface area contributed by atoms with Crippen LogP contribution in [0.25, 0.3) is 11.1 Å². The number of carbonyl (C=O) groups excluding carboxylic acids is 1. The largest absolute Gasteiger partial charge is 0.416 e.